The molecule has 0 aliphatic heterocycles. The molecule has 0 radical (unpaired) electrons. The zero-order valence-electron chi connectivity index (χ0n) is 16.0. The van der Waals surface area contributed by atoms with Crippen LogP contribution in [0, 0.1) is 13.8 Å². The van der Waals surface area contributed by atoms with E-state index in [9.17, 15) is 0 Å². The fraction of sp³-hybridized carbons (Fsp3) is 0.500. The maximum absolute atomic E-state index is 5.65. The van der Waals surface area contributed by atoms with Gasteiger partial charge in [0.15, 0.2) is 0 Å². The van der Waals surface area contributed by atoms with Crippen LogP contribution in [0.15, 0.2) is 30.6 Å². The molecule has 0 spiro atoms. The van der Waals surface area contributed by atoms with Crippen LogP contribution in [0.4, 0.5) is 0 Å². The summed E-state index contributed by atoms with van der Waals surface area (Å²) in [5, 5.41) is 0.729. The van der Waals surface area contributed by atoms with Gasteiger partial charge in [-0.1, -0.05) is 53.1 Å². The zero-order chi connectivity index (χ0) is 18.7. The molecule has 5 heteroatoms. The van der Waals surface area contributed by atoms with Gasteiger partial charge in [-0.2, -0.15) is 4.98 Å². The number of nitrogens with zero attached hydrogens (tertiary/aromatic N) is 3. The standard InChI is InChI=1S/C6H6ClN.C6H8N2O.3C2H6/c1-5-6(7)3-2-4-8-5;1-5-7-4-3-6(8-5)9-2;3*1-2/h2-4H,1H3;3-4H,1-2H3;3*1-2H3. The highest BCUT2D eigenvalue weighted by Crippen LogP contribution is 2.08. The van der Waals surface area contributed by atoms with Crippen LogP contribution in [-0.4, -0.2) is 22.1 Å². The predicted octanol–water partition coefficient (Wildman–Crippen LogP) is 5.92. The van der Waals surface area contributed by atoms with Crippen LogP contribution >= 0.6 is 11.6 Å². The highest BCUT2D eigenvalue weighted by molar-refractivity contribution is 6.31. The molecule has 132 valence electrons. The number of methoxy groups -OCH3 is 1. The molecular weight excluding hydrogens is 310 g/mol. The van der Waals surface area contributed by atoms with E-state index >= 15 is 0 Å². The lowest BCUT2D eigenvalue weighted by Crippen LogP contribution is -1.90. The third-order valence-corrected chi connectivity index (χ3v) is 2.30. The molecule has 0 saturated heterocycles. The van der Waals surface area contributed by atoms with Gasteiger partial charge in [-0.05, 0) is 26.0 Å². The van der Waals surface area contributed by atoms with E-state index in [1.807, 2.05) is 67.5 Å². The van der Waals surface area contributed by atoms with Gasteiger partial charge >= 0.3 is 0 Å². The topological polar surface area (TPSA) is 47.9 Å². The van der Waals surface area contributed by atoms with Gasteiger partial charge in [-0.25, -0.2) is 4.98 Å². The minimum absolute atomic E-state index is 0.613. The number of aryl methyl sites for hydroxylation is 2. The van der Waals surface area contributed by atoms with Crippen molar-refractivity contribution in [3.63, 3.8) is 0 Å². The fourth-order valence-corrected chi connectivity index (χ4v) is 1.13. The van der Waals surface area contributed by atoms with Gasteiger partial charge in [0.2, 0.25) is 5.88 Å². The normalized spacial score (nSPS) is 7.57. The van der Waals surface area contributed by atoms with Gasteiger partial charge in [-0.15, -0.1) is 0 Å². The molecule has 0 unspecified atom stereocenters. The number of rotatable bonds is 1. The van der Waals surface area contributed by atoms with E-state index in [2.05, 4.69) is 15.0 Å². The van der Waals surface area contributed by atoms with Crippen LogP contribution in [0.3, 0.4) is 0 Å². The highest BCUT2D eigenvalue weighted by atomic mass is 35.5. The highest BCUT2D eigenvalue weighted by Gasteiger charge is 1.89. The molecule has 0 aliphatic carbocycles. The second-order valence-corrected chi connectivity index (χ2v) is 3.62. The molecule has 23 heavy (non-hydrogen) atoms. The van der Waals surface area contributed by atoms with Crippen molar-refractivity contribution in [1.82, 2.24) is 15.0 Å². The van der Waals surface area contributed by atoms with E-state index in [1.54, 1.807) is 25.6 Å². The number of aromatic nitrogens is 3. The first-order valence-corrected chi connectivity index (χ1v) is 8.42. The van der Waals surface area contributed by atoms with Gasteiger partial charge in [0.25, 0.3) is 0 Å². The lowest BCUT2D eigenvalue weighted by molar-refractivity contribution is 0.395. The first kappa shape index (κ1) is 26.2. The van der Waals surface area contributed by atoms with Crippen LogP contribution in [-0.2, 0) is 0 Å². The minimum atomic E-state index is 0.613. The van der Waals surface area contributed by atoms with Crippen molar-refractivity contribution >= 4 is 11.6 Å². The molecular formula is C18H32ClN3O. The Morgan fingerprint density at radius 1 is 0.870 bits per heavy atom. The summed E-state index contributed by atoms with van der Waals surface area (Å²) in [4.78, 5) is 11.8. The Morgan fingerprint density at radius 2 is 1.43 bits per heavy atom. The molecule has 0 atom stereocenters. The molecule has 2 aromatic rings. The van der Waals surface area contributed by atoms with Crippen molar-refractivity contribution in [2.45, 2.75) is 55.4 Å². The third kappa shape index (κ3) is 15.0. The van der Waals surface area contributed by atoms with E-state index in [0.717, 1.165) is 16.5 Å². The summed E-state index contributed by atoms with van der Waals surface area (Å²) < 4.78 is 4.84. The number of halogens is 1. The van der Waals surface area contributed by atoms with E-state index in [0.29, 0.717) is 5.88 Å². The minimum Gasteiger partial charge on any atom is -0.481 e. The monoisotopic (exact) mass is 341 g/mol. The molecule has 0 fully saturated rings. The molecule has 0 bridgehead atoms. The summed E-state index contributed by atoms with van der Waals surface area (Å²) in [6.07, 6.45) is 3.39. The second kappa shape index (κ2) is 20.3. The maximum Gasteiger partial charge on any atom is 0.216 e. The van der Waals surface area contributed by atoms with Crippen LogP contribution in [0.5, 0.6) is 5.88 Å². The molecule has 4 nitrogen and oxygen atoms in total. The summed E-state index contributed by atoms with van der Waals surface area (Å²) in [6.45, 7) is 15.7. The molecule has 0 N–H and O–H groups in total. The van der Waals surface area contributed by atoms with Gasteiger partial charge in [0.05, 0.1) is 17.8 Å². The smallest absolute Gasteiger partial charge is 0.216 e. The summed E-state index contributed by atoms with van der Waals surface area (Å²) in [6, 6.07) is 5.35. The summed E-state index contributed by atoms with van der Waals surface area (Å²) in [5.74, 6) is 1.34. The van der Waals surface area contributed by atoms with E-state index in [-0.39, 0.29) is 0 Å². The van der Waals surface area contributed by atoms with Crippen molar-refractivity contribution in [2.75, 3.05) is 7.11 Å². The molecule has 2 heterocycles. The second-order valence-electron chi connectivity index (χ2n) is 3.22. The maximum atomic E-state index is 5.65. The van der Waals surface area contributed by atoms with Gasteiger partial charge < -0.3 is 4.74 Å². The van der Waals surface area contributed by atoms with E-state index in [1.165, 1.54) is 0 Å². The van der Waals surface area contributed by atoms with E-state index in [4.69, 9.17) is 16.3 Å². The Kier molecular flexibility index (Phi) is 23.2. The first-order chi connectivity index (χ1) is 11.1. The van der Waals surface area contributed by atoms with Crippen molar-refractivity contribution in [3.05, 3.63) is 47.1 Å². The lowest BCUT2D eigenvalue weighted by atomic mass is 10.4. The van der Waals surface area contributed by atoms with Gasteiger partial charge in [0, 0.05) is 18.5 Å². The van der Waals surface area contributed by atoms with Crippen LogP contribution in [0.2, 0.25) is 5.02 Å². The zero-order valence-corrected chi connectivity index (χ0v) is 16.8. The third-order valence-electron chi connectivity index (χ3n) is 1.90. The Hall–Kier alpha value is -1.68. The average Bonchev–Trinajstić information content (AvgIpc) is 2.63. The van der Waals surface area contributed by atoms with Crippen molar-refractivity contribution in [1.29, 1.82) is 0 Å². The van der Waals surface area contributed by atoms with E-state index < -0.39 is 0 Å². The van der Waals surface area contributed by atoms with Crippen LogP contribution in [0.25, 0.3) is 0 Å². The summed E-state index contributed by atoms with van der Waals surface area (Å²) >= 11 is 5.65. The predicted molar refractivity (Wildman–Crippen MR) is 101 cm³/mol. The number of hydrogen-bond acceptors (Lipinski definition) is 4. The van der Waals surface area contributed by atoms with Crippen molar-refractivity contribution in [2.24, 2.45) is 0 Å². The summed E-state index contributed by atoms with van der Waals surface area (Å²) in [5.41, 5.74) is 0.883. The number of ether oxygens (including phenoxy) is 1. The van der Waals surface area contributed by atoms with Gasteiger partial charge in [0.1, 0.15) is 5.82 Å². The van der Waals surface area contributed by atoms with Crippen LogP contribution in [0.1, 0.15) is 53.1 Å². The van der Waals surface area contributed by atoms with Crippen molar-refractivity contribution in [3.8, 4) is 5.88 Å². The first-order valence-electron chi connectivity index (χ1n) is 8.04. The average molecular weight is 342 g/mol. The fourth-order valence-electron chi connectivity index (χ4n) is 1.01. The quantitative estimate of drug-likeness (QED) is 0.646. The SMILES string of the molecule is CC.CC.CC.COc1ccnc(C)n1.Cc1ncccc1Cl. The van der Waals surface area contributed by atoms with Gasteiger partial charge in [-0.3, -0.25) is 4.98 Å². The Bertz CT molecular complexity index is 458. The molecule has 0 aliphatic rings. The number of hydrogen-bond donors (Lipinski definition) is 0. The molecule has 0 amide bonds. The molecule has 0 aromatic carbocycles. The van der Waals surface area contributed by atoms with Crippen LogP contribution < -0.4 is 4.74 Å². The molecule has 2 rings (SSSR count). The lowest BCUT2D eigenvalue weighted by Gasteiger charge is -1.95. The summed E-state index contributed by atoms with van der Waals surface area (Å²) in [7, 11) is 1.59. The number of pyridine rings is 1. The van der Waals surface area contributed by atoms with Crippen molar-refractivity contribution < 1.29 is 4.74 Å². The molecule has 2 aromatic heterocycles. The Labute approximate surface area is 147 Å². The molecule has 0 saturated carbocycles. The Morgan fingerprint density at radius 3 is 1.74 bits per heavy atom. The Balaban J connectivity index is -0.000000264. The largest absolute Gasteiger partial charge is 0.481 e.